The SMILES string of the molecule is CC(=O)Nc1ncc(S(=O)(=O)NC2CCCn3ncnc32)s1. The quantitative estimate of drug-likeness (QED) is 0.835. The number of anilines is 1. The Labute approximate surface area is 130 Å². The highest BCUT2D eigenvalue weighted by Crippen LogP contribution is 2.27. The molecule has 2 aromatic heterocycles. The van der Waals surface area contributed by atoms with Crippen molar-refractivity contribution < 1.29 is 13.2 Å². The minimum atomic E-state index is -3.72. The first-order chi connectivity index (χ1) is 10.5. The summed E-state index contributed by atoms with van der Waals surface area (Å²) in [6.07, 6.45) is 4.13. The predicted octanol–water partition coefficient (Wildman–Crippen LogP) is 0.506. The average molecular weight is 342 g/mol. The number of aryl methyl sites for hydroxylation is 1. The van der Waals surface area contributed by atoms with Gasteiger partial charge in [-0.2, -0.15) is 9.82 Å². The summed E-state index contributed by atoms with van der Waals surface area (Å²) in [6.45, 7) is 2.07. The molecule has 118 valence electrons. The molecule has 1 atom stereocenters. The maximum Gasteiger partial charge on any atom is 0.252 e. The van der Waals surface area contributed by atoms with Crippen molar-refractivity contribution in [3.63, 3.8) is 0 Å². The Bertz CT molecular complexity index is 796. The normalized spacial score (nSPS) is 18.0. The second-order valence-electron chi connectivity index (χ2n) is 4.82. The van der Waals surface area contributed by atoms with E-state index >= 15 is 0 Å². The van der Waals surface area contributed by atoms with Crippen LogP contribution in [0.2, 0.25) is 0 Å². The Morgan fingerprint density at radius 1 is 1.45 bits per heavy atom. The van der Waals surface area contributed by atoms with Crippen molar-refractivity contribution in [2.75, 3.05) is 5.32 Å². The third-order valence-corrected chi connectivity index (χ3v) is 6.00. The number of thiazole rings is 1. The van der Waals surface area contributed by atoms with Crippen LogP contribution in [0.1, 0.15) is 31.6 Å². The van der Waals surface area contributed by atoms with Crippen molar-refractivity contribution in [1.29, 1.82) is 0 Å². The second-order valence-corrected chi connectivity index (χ2v) is 7.79. The van der Waals surface area contributed by atoms with Gasteiger partial charge in [0, 0.05) is 13.5 Å². The monoisotopic (exact) mass is 342 g/mol. The first-order valence-corrected chi connectivity index (χ1v) is 8.89. The van der Waals surface area contributed by atoms with Gasteiger partial charge >= 0.3 is 0 Å². The van der Waals surface area contributed by atoms with E-state index in [1.807, 2.05) is 0 Å². The summed E-state index contributed by atoms with van der Waals surface area (Å²) in [4.78, 5) is 19.0. The maximum absolute atomic E-state index is 12.4. The molecule has 0 fully saturated rings. The zero-order valence-corrected chi connectivity index (χ0v) is 13.3. The number of hydrogen-bond acceptors (Lipinski definition) is 7. The highest BCUT2D eigenvalue weighted by Gasteiger charge is 2.28. The first kappa shape index (κ1) is 15.1. The lowest BCUT2D eigenvalue weighted by molar-refractivity contribution is -0.114. The van der Waals surface area contributed by atoms with Crippen LogP contribution >= 0.6 is 11.3 Å². The molecule has 1 aliphatic rings. The molecular formula is C11H14N6O3S2. The van der Waals surface area contributed by atoms with Gasteiger partial charge in [-0.3, -0.25) is 4.79 Å². The fourth-order valence-corrected chi connectivity index (χ4v) is 4.56. The Morgan fingerprint density at radius 3 is 3.05 bits per heavy atom. The topological polar surface area (TPSA) is 119 Å². The van der Waals surface area contributed by atoms with Crippen LogP contribution in [0.15, 0.2) is 16.7 Å². The molecular weight excluding hydrogens is 328 g/mol. The van der Waals surface area contributed by atoms with Crippen molar-refractivity contribution in [1.82, 2.24) is 24.5 Å². The Morgan fingerprint density at radius 2 is 2.27 bits per heavy atom. The number of fused-ring (bicyclic) bond motifs is 1. The minimum Gasteiger partial charge on any atom is -0.302 e. The largest absolute Gasteiger partial charge is 0.302 e. The number of nitrogens with one attached hydrogen (secondary N) is 2. The van der Waals surface area contributed by atoms with E-state index in [4.69, 9.17) is 0 Å². The van der Waals surface area contributed by atoms with Crippen LogP contribution in [0.4, 0.5) is 5.13 Å². The van der Waals surface area contributed by atoms with Gasteiger partial charge in [-0.05, 0) is 12.8 Å². The fourth-order valence-electron chi connectivity index (χ4n) is 2.24. The number of hydrogen-bond donors (Lipinski definition) is 2. The number of carbonyl (C=O) groups is 1. The Hall–Kier alpha value is -1.85. The average Bonchev–Trinajstić information content (AvgIpc) is 3.06. The Kier molecular flexibility index (Phi) is 3.93. The van der Waals surface area contributed by atoms with Crippen LogP contribution < -0.4 is 10.0 Å². The molecule has 1 unspecified atom stereocenters. The molecule has 0 saturated carbocycles. The molecule has 2 aromatic rings. The van der Waals surface area contributed by atoms with Crippen LogP contribution in [0, 0.1) is 0 Å². The molecule has 9 nitrogen and oxygen atoms in total. The molecule has 0 saturated heterocycles. The Balaban J connectivity index is 1.80. The molecule has 3 rings (SSSR count). The van der Waals surface area contributed by atoms with Crippen LogP contribution in [-0.4, -0.2) is 34.1 Å². The van der Waals surface area contributed by atoms with Crippen molar-refractivity contribution in [3.05, 3.63) is 18.3 Å². The molecule has 22 heavy (non-hydrogen) atoms. The molecule has 0 bridgehead atoms. The first-order valence-electron chi connectivity index (χ1n) is 6.59. The molecule has 0 aromatic carbocycles. The summed E-state index contributed by atoms with van der Waals surface area (Å²) in [6, 6.07) is -0.410. The van der Waals surface area contributed by atoms with Crippen molar-refractivity contribution in [3.8, 4) is 0 Å². The summed E-state index contributed by atoms with van der Waals surface area (Å²) in [5, 5.41) is 6.77. The number of rotatable bonds is 4. The predicted molar refractivity (Wildman–Crippen MR) is 78.7 cm³/mol. The van der Waals surface area contributed by atoms with E-state index in [0.717, 1.165) is 24.3 Å². The molecule has 11 heteroatoms. The van der Waals surface area contributed by atoms with E-state index < -0.39 is 16.1 Å². The van der Waals surface area contributed by atoms with Gasteiger partial charge in [0.2, 0.25) is 5.91 Å². The molecule has 1 aliphatic heterocycles. The number of carbonyl (C=O) groups excluding carboxylic acids is 1. The molecule has 2 N–H and O–H groups in total. The van der Waals surface area contributed by atoms with Crippen molar-refractivity contribution in [2.45, 2.75) is 36.6 Å². The van der Waals surface area contributed by atoms with E-state index in [2.05, 4.69) is 25.1 Å². The maximum atomic E-state index is 12.4. The van der Waals surface area contributed by atoms with Gasteiger partial charge in [-0.25, -0.2) is 23.1 Å². The fraction of sp³-hybridized carbons (Fsp3) is 0.455. The zero-order valence-electron chi connectivity index (χ0n) is 11.7. The highest BCUT2D eigenvalue weighted by atomic mass is 32.2. The van der Waals surface area contributed by atoms with Gasteiger partial charge in [-0.15, -0.1) is 0 Å². The van der Waals surface area contributed by atoms with Gasteiger partial charge in [0.1, 0.15) is 12.2 Å². The second kappa shape index (κ2) is 5.74. The van der Waals surface area contributed by atoms with Crippen LogP contribution in [0.25, 0.3) is 0 Å². The number of nitrogens with zero attached hydrogens (tertiary/aromatic N) is 4. The van der Waals surface area contributed by atoms with E-state index in [1.54, 1.807) is 4.68 Å². The van der Waals surface area contributed by atoms with E-state index in [9.17, 15) is 13.2 Å². The zero-order chi connectivity index (χ0) is 15.7. The smallest absolute Gasteiger partial charge is 0.252 e. The molecule has 0 spiro atoms. The number of sulfonamides is 1. The third-order valence-electron chi connectivity index (χ3n) is 3.15. The molecule has 3 heterocycles. The molecule has 1 amide bonds. The number of amides is 1. The van der Waals surface area contributed by atoms with Crippen LogP contribution in [0.3, 0.4) is 0 Å². The van der Waals surface area contributed by atoms with Gasteiger partial charge in [-0.1, -0.05) is 11.3 Å². The summed E-state index contributed by atoms with van der Waals surface area (Å²) < 4.78 is 29.2. The number of aromatic nitrogens is 4. The lowest BCUT2D eigenvalue weighted by atomic mass is 10.1. The summed E-state index contributed by atoms with van der Waals surface area (Å²) in [5.41, 5.74) is 0. The van der Waals surface area contributed by atoms with Crippen LogP contribution in [0.5, 0.6) is 0 Å². The van der Waals surface area contributed by atoms with Gasteiger partial charge in [0.05, 0.1) is 12.2 Å². The molecule has 0 radical (unpaired) electrons. The lowest BCUT2D eigenvalue weighted by Gasteiger charge is -2.22. The summed E-state index contributed by atoms with van der Waals surface area (Å²) >= 11 is 0.904. The lowest BCUT2D eigenvalue weighted by Crippen LogP contribution is -2.33. The van der Waals surface area contributed by atoms with Gasteiger partial charge in [0.25, 0.3) is 10.0 Å². The van der Waals surface area contributed by atoms with E-state index in [-0.39, 0.29) is 15.2 Å². The van der Waals surface area contributed by atoms with Crippen molar-refractivity contribution >= 4 is 32.4 Å². The minimum absolute atomic E-state index is 0.0490. The van der Waals surface area contributed by atoms with Gasteiger partial charge < -0.3 is 5.32 Å². The molecule has 0 aliphatic carbocycles. The van der Waals surface area contributed by atoms with Gasteiger partial charge in [0.15, 0.2) is 9.34 Å². The van der Waals surface area contributed by atoms with E-state index in [1.165, 1.54) is 19.4 Å². The van der Waals surface area contributed by atoms with Crippen molar-refractivity contribution in [2.24, 2.45) is 0 Å². The third kappa shape index (κ3) is 3.00. The standard InChI is InChI=1S/C11H14N6O3S2/c1-7(18)15-11-12-5-9(21-11)22(19,20)16-8-3-2-4-17-10(8)13-6-14-17/h5-6,8,16H,2-4H2,1H3,(H,12,15,18). The summed E-state index contributed by atoms with van der Waals surface area (Å²) in [7, 11) is -3.72. The summed E-state index contributed by atoms with van der Waals surface area (Å²) in [5.74, 6) is 0.313. The highest BCUT2D eigenvalue weighted by molar-refractivity contribution is 7.91. The van der Waals surface area contributed by atoms with Crippen LogP contribution in [-0.2, 0) is 21.4 Å². The van der Waals surface area contributed by atoms with E-state index in [0.29, 0.717) is 12.2 Å².